The second-order valence-electron chi connectivity index (χ2n) is 7.29. The second kappa shape index (κ2) is 6.33. The number of rotatable bonds is 4. The van der Waals surface area contributed by atoms with Crippen molar-refractivity contribution in [3.63, 3.8) is 0 Å². The van der Waals surface area contributed by atoms with Crippen molar-refractivity contribution in [1.82, 2.24) is 24.5 Å². The largest absolute Gasteiger partial charge is 0.423 e. The first-order valence-electron chi connectivity index (χ1n) is 9.29. The molecule has 4 aromatic rings. The molecule has 1 aromatic carbocycles. The number of fused-ring (bicyclic) bond motifs is 1. The third-order valence-electron chi connectivity index (χ3n) is 5.02. The summed E-state index contributed by atoms with van der Waals surface area (Å²) in [6.45, 7) is 6.04. The average Bonchev–Trinajstić information content (AvgIpc) is 3.21. The van der Waals surface area contributed by atoms with Gasteiger partial charge in [0.25, 0.3) is 11.6 Å². The van der Waals surface area contributed by atoms with E-state index in [1.165, 1.54) is 4.68 Å². The van der Waals surface area contributed by atoms with Gasteiger partial charge in [-0.1, -0.05) is 12.1 Å². The van der Waals surface area contributed by atoms with Crippen LogP contribution in [0.3, 0.4) is 0 Å². The Labute approximate surface area is 161 Å². The van der Waals surface area contributed by atoms with Crippen molar-refractivity contribution < 1.29 is 4.42 Å². The molecule has 1 saturated heterocycles. The zero-order valence-electron chi connectivity index (χ0n) is 15.7. The molecule has 4 heterocycles. The summed E-state index contributed by atoms with van der Waals surface area (Å²) in [7, 11) is 0. The lowest BCUT2D eigenvalue weighted by Crippen LogP contribution is -2.50. The van der Waals surface area contributed by atoms with Gasteiger partial charge in [0.2, 0.25) is 0 Å². The minimum absolute atomic E-state index is 0.106. The number of hydrogen-bond acceptors (Lipinski definition) is 6. The first kappa shape index (κ1) is 16.7. The van der Waals surface area contributed by atoms with Crippen molar-refractivity contribution in [3.05, 3.63) is 64.2 Å². The summed E-state index contributed by atoms with van der Waals surface area (Å²) >= 11 is 0. The molecule has 0 saturated carbocycles. The van der Waals surface area contributed by atoms with Crippen molar-refractivity contribution in [2.24, 2.45) is 5.92 Å². The van der Waals surface area contributed by atoms with Crippen LogP contribution in [0.4, 0.5) is 6.01 Å². The predicted octanol–water partition coefficient (Wildman–Crippen LogP) is 2.32. The van der Waals surface area contributed by atoms with Crippen LogP contribution < -0.4 is 10.5 Å². The van der Waals surface area contributed by atoms with E-state index in [0.29, 0.717) is 24.3 Å². The Kier molecular flexibility index (Phi) is 3.78. The number of nitrogens with zero attached hydrogens (tertiary/aromatic N) is 6. The summed E-state index contributed by atoms with van der Waals surface area (Å²) in [5, 5.41) is 8.97. The van der Waals surface area contributed by atoms with Crippen LogP contribution in [0.5, 0.6) is 0 Å². The summed E-state index contributed by atoms with van der Waals surface area (Å²) < 4.78 is 9.09. The van der Waals surface area contributed by atoms with Crippen molar-refractivity contribution >= 4 is 17.1 Å². The van der Waals surface area contributed by atoms with Gasteiger partial charge in [-0.15, -0.1) is 5.10 Å². The van der Waals surface area contributed by atoms with Gasteiger partial charge in [0, 0.05) is 30.8 Å². The minimum atomic E-state index is -0.106. The van der Waals surface area contributed by atoms with Gasteiger partial charge in [-0.2, -0.15) is 10.1 Å². The number of oxazole rings is 1. The Balaban J connectivity index is 1.31. The van der Waals surface area contributed by atoms with Gasteiger partial charge in [0.05, 0.1) is 12.2 Å². The van der Waals surface area contributed by atoms with Gasteiger partial charge in [-0.05, 0) is 38.1 Å². The Morgan fingerprint density at radius 1 is 1.11 bits per heavy atom. The molecule has 0 unspecified atom stereocenters. The lowest BCUT2D eigenvalue weighted by molar-refractivity contribution is 0.318. The van der Waals surface area contributed by atoms with E-state index in [2.05, 4.69) is 20.1 Å². The van der Waals surface area contributed by atoms with E-state index in [4.69, 9.17) is 4.42 Å². The van der Waals surface area contributed by atoms with Crippen molar-refractivity contribution in [3.8, 4) is 5.82 Å². The molecule has 1 fully saturated rings. The number of para-hydroxylation sites is 2. The highest BCUT2D eigenvalue weighted by Crippen LogP contribution is 2.28. The molecule has 1 aliphatic heterocycles. The number of benzene rings is 1. The molecule has 5 rings (SSSR count). The van der Waals surface area contributed by atoms with E-state index in [9.17, 15) is 4.79 Å². The van der Waals surface area contributed by atoms with Gasteiger partial charge < -0.3 is 9.32 Å². The van der Waals surface area contributed by atoms with Crippen LogP contribution in [0.2, 0.25) is 0 Å². The van der Waals surface area contributed by atoms with Gasteiger partial charge in [-0.3, -0.25) is 4.79 Å². The van der Waals surface area contributed by atoms with Crippen LogP contribution in [0.1, 0.15) is 11.4 Å². The number of anilines is 1. The molecule has 8 heteroatoms. The van der Waals surface area contributed by atoms with Crippen LogP contribution >= 0.6 is 0 Å². The molecule has 0 atom stereocenters. The minimum Gasteiger partial charge on any atom is -0.423 e. The first-order valence-corrected chi connectivity index (χ1v) is 9.29. The molecule has 0 spiro atoms. The molecule has 0 radical (unpaired) electrons. The van der Waals surface area contributed by atoms with Crippen molar-refractivity contribution in [1.29, 1.82) is 0 Å². The number of aryl methyl sites for hydroxylation is 2. The zero-order valence-corrected chi connectivity index (χ0v) is 15.7. The molecule has 0 aliphatic carbocycles. The summed E-state index contributed by atoms with van der Waals surface area (Å²) in [6.07, 6.45) is 0. The highest BCUT2D eigenvalue weighted by molar-refractivity contribution is 5.74. The molecule has 0 N–H and O–H groups in total. The summed E-state index contributed by atoms with van der Waals surface area (Å²) in [6, 6.07) is 13.6. The molecule has 28 heavy (non-hydrogen) atoms. The fourth-order valence-electron chi connectivity index (χ4n) is 3.62. The topological polar surface area (TPSA) is 82.0 Å². The Hall–Kier alpha value is -3.42. The molecule has 1 aliphatic rings. The Morgan fingerprint density at radius 3 is 2.68 bits per heavy atom. The molecule has 142 valence electrons. The molecule has 8 nitrogen and oxygen atoms in total. The fraction of sp³-hybridized carbons (Fsp3) is 0.300. The lowest BCUT2D eigenvalue weighted by Gasteiger charge is -2.37. The van der Waals surface area contributed by atoms with E-state index in [1.54, 1.807) is 16.8 Å². The third kappa shape index (κ3) is 2.87. The molecule has 0 bridgehead atoms. The normalized spacial score (nSPS) is 14.6. The van der Waals surface area contributed by atoms with E-state index in [-0.39, 0.29) is 5.56 Å². The fourth-order valence-corrected chi connectivity index (χ4v) is 3.62. The highest BCUT2D eigenvalue weighted by Gasteiger charge is 2.31. The van der Waals surface area contributed by atoms with Crippen LogP contribution in [0.25, 0.3) is 16.9 Å². The van der Waals surface area contributed by atoms with Crippen LogP contribution in [-0.2, 0) is 6.54 Å². The molecule has 0 amide bonds. The maximum absolute atomic E-state index is 12.3. The van der Waals surface area contributed by atoms with E-state index in [1.807, 2.05) is 44.2 Å². The average molecular weight is 376 g/mol. The highest BCUT2D eigenvalue weighted by atomic mass is 16.4. The standard InChI is InChI=1S/C20H20N6O2/c1-13-9-14(2)26(22-13)18-7-8-19(27)25(23-18)12-15-10-24(11-15)20-21-16-5-3-4-6-17(16)28-20/h3-9,15H,10-12H2,1-2H3. The van der Waals surface area contributed by atoms with E-state index >= 15 is 0 Å². The molecule has 3 aromatic heterocycles. The quantitative estimate of drug-likeness (QED) is 0.544. The third-order valence-corrected chi connectivity index (χ3v) is 5.02. The number of hydrogen-bond donors (Lipinski definition) is 0. The van der Waals surface area contributed by atoms with Crippen LogP contribution in [0, 0.1) is 19.8 Å². The number of aromatic nitrogens is 5. The van der Waals surface area contributed by atoms with Crippen molar-refractivity contribution in [2.75, 3.05) is 18.0 Å². The van der Waals surface area contributed by atoms with Crippen LogP contribution in [-0.4, -0.2) is 37.6 Å². The van der Waals surface area contributed by atoms with Crippen molar-refractivity contribution in [2.45, 2.75) is 20.4 Å². The van der Waals surface area contributed by atoms with Gasteiger partial charge in [0.15, 0.2) is 11.4 Å². The second-order valence-corrected chi connectivity index (χ2v) is 7.29. The van der Waals surface area contributed by atoms with E-state index < -0.39 is 0 Å². The summed E-state index contributed by atoms with van der Waals surface area (Å²) in [4.78, 5) is 18.9. The smallest absolute Gasteiger partial charge is 0.298 e. The maximum atomic E-state index is 12.3. The monoisotopic (exact) mass is 376 g/mol. The Bertz CT molecular complexity index is 1180. The molecular weight excluding hydrogens is 356 g/mol. The summed E-state index contributed by atoms with van der Waals surface area (Å²) in [5.41, 5.74) is 3.45. The summed E-state index contributed by atoms with van der Waals surface area (Å²) in [5.74, 6) is 0.969. The van der Waals surface area contributed by atoms with Gasteiger partial charge >= 0.3 is 0 Å². The van der Waals surface area contributed by atoms with Gasteiger partial charge in [-0.25, -0.2) is 9.36 Å². The maximum Gasteiger partial charge on any atom is 0.298 e. The van der Waals surface area contributed by atoms with Gasteiger partial charge in [0.1, 0.15) is 5.52 Å². The Morgan fingerprint density at radius 2 is 1.93 bits per heavy atom. The predicted molar refractivity (Wildman–Crippen MR) is 105 cm³/mol. The first-order chi connectivity index (χ1) is 13.6. The zero-order chi connectivity index (χ0) is 19.3. The SMILES string of the molecule is Cc1cc(C)n(-c2ccc(=O)n(CC3CN(c4nc5ccccc5o4)C3)n2)n1. The van der Waals surface area contributed by atoms with Crippen LogP contribution in [0.15, 0.2) is 51.7 Å². The van der Waals surface area contributed by atoms with E-state index in [0.717, 1.165) is 35.6 Å². The lowest BCUT2D eigenvalue weighted by atomic mass is 10.0. The molecular formula is C20H20N6O2.